The number of aryl methyl sites for hydroxylation is 1. The summed E-state index contributed by atoms with van der Waals surface area (Å²) in [5, 5.41) is 15.5. The molecule has 5 rings (SSSR count). The van der Waals surface area contributed by atoms with E-state index < -0.39 is 29.9 Å². The van der Waals surface area contributed by atoms with Crippen LogP contribution in [0.15, 0.2) is 18.2 Å². The van der Waals surface area contributed by atoms with Crippen molar-refractivity contribution in [3.63, 3.8) is 0 Å². The lowest BCUT2D eigenvalue weighted by Crippen LogP contribution is -2.42. The van der Waals surface area contributed by atoms with Crippen molar-refractivity contribution in [3.05, 3.63) is 39.8 Å². The molecule has 1 aromatic carbocycles. The Balaban J connectivity index is 1.33. The predicted octanol–water partition coefficient (Wildman–Crippen LogP) is 3.07. The molecule has 3 heterocycles. The van der Waals surface area contributed by atoms with Gasteiger partial charge < -0.3 is 20.1 Å². The second kappa shape index (κ2) is 8.65. The van der Waals surface area contributed by atoms with Crippen molar-refractivity contribution >= 4 is 34.2 Å². The molecule has 10 heteroatoms. The number of ether oxygens (including phenoxy) is 2. The number of nitrogens with zero attached hydrogens (tertiary/aromatic N) is 2. The largest absolute Gasteiger partial charge is 0.490 e. The topological polar surface area (TPSA) is 121 Å². The van der Waals surface area contributed by atoms with Gasteiger partial charge in [-0.25, -0.2) is 4.79 Å². The van der Waals surface area contributed by atoms with Gasteiger partial charge in [-0.1, -0.05) is 6.07 Å². The fourth-order valence-electron chi connectivity index (χ4n) is 4.59. The Morgan fingerprint density at radius 2 is 1.97 bits per heavy atom. The second-order valence-electron chi connectivity index (χ2n) is 8.73. The number of imide groups is 1. The Bertz CT molecular complexity index is 1230. The number of anilines is 1. The summed E-state index contributed by atoms with van der Waals surface area (Å²) in [5.41, 5.74) is 0.686. The molecule has 1 aliphatic carbocycles. The number of benzene rings is 1. The van der Waals surface area contributed by atoms with Crippen molar-refractivity contribution in [2.24, 2.45) is 0 Å². The van der Waals surface area contributed by atoms with Gasteiger partial charge in [-0.3, -0.25) is 14.5 Å². The summed E-state index contributed by atoms with van der Waals surface area (Å²) >= 11 is 1.40. The van der Waals surface area contributed by atoms with Crippen LogP contribution in [0, 0.1) is 11.3 Å². The van der Waals surface area contributed by atoms with E-state index in [0.717, 1.165) is 47.4 Å². The number of urea groups is 1. The third-order valence-corrected chi connectivity index (χ3v) is 7.64. The zero-order valence-electron chi connectivity index (χ0n) is 18.7. The van der Waals surface area contributed by atoms with Crippen LogP contribution < -0.4 is 20.1 Å². The SMILES string of the molecule is C[C@@]1(c2ccc3c(c2)OCCCO3)NC(=O)N(CC(=O)Nc2sc3c(c2C#N)CCCC3)C1=O. The third kappa shape index (κ3) is 3.76. The van der Waals surface area contributed by atoms with Gasteiger partial charge >= 0.3 is 6.03 Å². The molecule has 0 unspecified atom stereocenters. The van der Waals surface area contributed by atoms with Gasteiger partial charge in [0, 0.05) is 11.3 Å². The zero-order valence-corrected chi connectivity index (χ0v) is 19.5. The molecule has 2 N–H and O–H groups in total. The number of nitrogens with one attached hydrogen (secondary N) is 2. The first kappa shape index (κ1) is 22.2. The average molecular weight is 481 g/mol. The Morgan fingerprint density at radius 1 is 1.21 bits per heavy atom. The van der Waals surface area contributed by atoms with Crippen LogP contribution in [0.4, 0.5) is 9.80 Å². The fourth-order valence-corrected chi connectivity index (χ4v) is 5.85. The summed E-state index contributed by atoms with van der Waals surface area (Å²) in [7, 11) is 0. The summed E-state index contributed by atoms with van der Waals surface area (Å²) in [5.74, 6) is 0.0413. The van der Waals surface area contributed by atoms with Crippen LogP contribution in [0.25, 0.3) is 0 Å². The first-order chi connectivity index (χ1) is 16.4. The highest BCUT2D eigenvalue weighted by atomic mass is 32.1. The molecule has 0 spiro atoms. The molecular weight excluding hydrogens is 456 g/mol. The molecule has 34 heavy (non-hydrogen) atoms. The summed E-state index contributed by atoms with van der Waals surface area (Å²) in [6.07, 6.45) is 4.55. The van der Waals surface area contributed by atoms with E-state index in [1.807, 2.05) is 0 Å². The van der Waals surface area contributed by atoms with Crippen LogP contribution in [-0.4, -0.2) is 42.5 Å². The van der Waals surface area contributed by atoms with Crippen molar-refractivity contribution < 1.29 is 23.9 Å². The molecule has 2 aliphatic heterocycles. The minimum atomic E-state index is -1.35. The minimum absolute atomic E-state index is 0.446. The van der Waals surface area contributed by atoms with E-state index in [2.05, 4.69) is 16.7 Å². The van der Waals surface area contributed by atoms with Gasteiger partial charge in [-0.05, 0) is 55.9 Å². The van der Waals surface area contributed by atoms with Crippen LogP contribution in [0.3, 0.4) is 0 Å². The van der Waals surface area contributed by atoms with Crippen molar-refractivity contribution in [2.75, 3.05) is 25.1 Å². The molecule has 3 aliphatic rings. The van der Waals surface area contributed by atoms with Crippen molar-refractivity contribution in [3.8, 4) is 17.6 Å². The number of fused-ring (bicyclic) bond motifs is 2. The van der Waals surface area contributed by atoms with Gasteiger partial charge in [0.25, 0.3) is 5.91 Å². The highest BCUT2D eigenvalue weighted by Gasteiger charge is 2.50. The van der Waals surface area contributed by atoms with Gasteiger partial charge in [0.2, 0.25) is 5.91 Å². The van der Waals surface area contributed by atoms with Crippen LogP contribution in [-0.2, 0) is 28.0 Å². The number of amides is 4. The average Bonchev–Trinajstić information content (AvgIpc) is 3.14. The lowest BCUT2D eigenvalue weighted by molar-refractivity contribution is -0.133. The number of carbonyl (C=O) groups is 3. The predicted molar refractivity (Wildman–Crippen MR) is 124 cm³/mol. The number of carbonyl (C=O) groups excluding carboxylic acids is 3. The Kier molecular flexibility index (Phi) is 5.65. The van der Waals surface area contributed by atoms with Gasteiger partial charge in [0.15, 0.2) is 11.5 Å². The van der Waals surface area contributed by atoms with Gasteiger partial charge in [0.1, 0.15) is 23.2 Å². The van der Waals surface area contributed by atoms with Crippen LogP contribution >= 0.6 is 11.3 Å². The van der Waals surface area contributed by atoms with Crippen molar-refractivity contribution in [2.45, 2.75) is 44.6 Å². The first-order valence-corrected chi connectivity index (χ1v) is 12.1. The minimum Gasteiger partial charge on any atom is -0.490 e. The van der Waals surface area contributed by atoms with Crippen LogP contribution in [0.1, 0.15) is 47.8 Å². The molecule has 0 saturated carbocycles. The molecule has 1 saturated heterocycles. The van der Waals surface area contributed by atoms with Crippen LogP contribution in [0.5, 0.6) is 11.5 Å². The molecule has 1 atom stereocenters. The number of nitriles is 1. The Morgan fingerprint density at radius 3 is 2.76 bits per heavy atom. The van der Waals surface area contributed by atoms with E-state index >= 15 is 0 Å². The highest BCUT2D eigenvalue weighted by Crippen LogP contribution is 2.38. The molecular formula is C24H24N4O5S. The van der Waals surface area contributed by atoms with Gasteiger partial charge in [-0.2, -0.15) is 5.26 Å². The molecule has 0 bridgehead atoms. The maximum atomic E-state index is 13.3. The number of rotatable bonds is 4. The molecule has 1 aromatic heterocycles. The molecule has 2 aromatic rings. The summed E-state index contributed by atoms with van der Waals surface area (Å²) < 4.78 is 11.4. The molecule has 4 amide bonds. The lowest BCUT2D eigenvalue weighted by Gasteiger charge is -2.23. The first-order valence-electron chi connectivity index (χ1n) is 11.3. The van der Waals surface area contributed by atoms with Crippen LogP contribution in [0.2, 0.25) is 0 Å². The number of hydrogen-bond donors (Lipinski definition) is 2. The maximum absolute atomic E-state index is 13.3. The smallest absolute Gasteiger partial charge is 0.325 e. The van der Waals surface area contributed by atoms with Crippen molar-refractivity contribution in [1.29, 1.82) is 5.26 Å². The normalized spacial score (nSPS) is 21.4. The van der Waals surface area contributed by atoms with E-state index in [0.29, 0.717) is 40.8 Å². The third-order valence-electron chi connectivity index (χ3n) is 6.44. The van der Waals surface area contributed by atoms with Gasteiger partial charge in [-0.15, -0.1) is 11.3 Å². The number of hydrogen-bond acceptors (Lipinski definition) is 7. The zero-order chi connectivity index (χ0) is 23.9. The van der Waals surface area contributed by atoms with Crippen molar-refractivity contribution in [1.82, 2.24) is 10.2 Å². The lowest BCUT2D eigenvalue weighted by atomic mass is 9.91. The number of thiophene rings is 1. The summed E-state index contributed by atoms with van der Waals surface area (Å²) in [6.45, 7) is 2.20. The van der Waals surface area contributed by atoms with E-state index in [1.54, 1.807) is 25.1 Å². The molecule has 0 radical (unpaired) electrons. The Hall–Kier alpha value is -3.58. The standard InChI is InChI=1S/C24H24N4O5S/c1-24(14-7-8-17-18(11-14)33-10-4-9-32-17)22(30)28(23(31)27-24)13-20(29)26-21-16(12-25)15-5-2-3-6-19(15)34-21/h7-8,11H,2-6,9-10,13H2,1H3,(H,26,29)(H,27,31)/t24-/m0/s1. The summed E-state index contributed by atoms with van der Waals surface area (Å²) in [6, 6.07) is 6.67. The molecule has 1 fully saturated rings. The maximum Gasteiger partial charge on any atom is 0.325 e. The fraction of sp³-hybridized carbons (Fsp3) is 0.417. The summed E-state index contributed by atoms with van der Waals surface area (Å²) in [4.78, 5) is 40.8. The van der Waals surface area contributed by atoms with Gasteiger partial charge in [0.05, 0.1) is 18.8 Å². The molecule has 176 valence electrons. The quantitative estimate of drug-likeness (QED) is 0.649. The monoisotopic (exact) mass is 480 g/mol. The second-order valence-corrected chi connectivity index (χ2v) is 9.84. The Labute approximate surface area is 200 Å². The highest BCUT2D eigenvalue weighted by molar-refractivity contribution is 7.16. The van der Waals surface area contributed by atoms with E-state index in [-0.39, 0.29) is 0 Å². The van der Waals surface area contributed by atoms with E-state index in [4.69, 9.17) is 9.47 Å². The van der Waals surface area contributed by atoms with E-state index in [9.17, 15) is 19.6 Å². The molecule has 9 nitrogen and oxygen atoms in total. The van der Waals surface area contributed by atoms with E-state index in [1.165, 1.54) is 11.3 Å².